The first-order valence-corrected chi connectivity index (χ1v) is 3.86. The molecule has 0 aromatic carbocycles. The summed E-state index contributed by atoms with van der Waals surface area (Å²) < 4.78 is 0. The Hall–Kier alpha value is -1.31. The zero-order chi connectivity index (χ0) is 9.40. The highest BCUT2D eigenvalue weighted by Crippen LogP contribution is 2.05. The Morgan fingerprint density at radius 2 is 2.17 bits per heavy atom. The summed E-state index contributed by atoms with van der Waals surface area (Å²) in [5, 5.41) is 8.40. The van der Waals surface area contributed by atoms with Crippen molar-refractivity contribution in [2.45, 2.75) is 19.8 Å². The molecule has 2 heteroatoms. The first-order valence-electron chi connectivity index (χ1n) is 3.86. The quantitative estimate of drug-likeness (QED) is 0.637. The number of allylic oxidation sites excluding steroid dienone is 5. The summed E-state index contributed by atoms with van der Waals surface area (Å²) in [4.78, 5) is 10.2. The average molecular weight is 166 g/mol. The van der Waals surface area contributed by atoms with Crippen molar-refractivity contribution in [3.8, 4) is 0 Å². The molecule has 12 heavy (non-hydrogen) atoms. The molecule has 2 nitrogen and oxygen atoms in total. The second kappa shape index (κ2) is 6.40. The maximum absolute atomic E-state index is 10.2. The van der Waals surface area contributed by atoms with Crippen LogP contribution in [0.15, 0.2) is 36.5 Å². The van der Waals surface area contributed by atoms with Gasteiger partial charge in [0.2, 0.25) is 0 Å². The number of carboxylic acid groups (broad SMARTS) is 1. The van der Waals surface area contributed by atoms with E-state index in [9.17, 15) is 4.79 Å². The van der Waals surface area contributed by atoms with E-state index in [0.717, 1.165) is 5.57 Å². The highest BCUT2D eigenvalue weighted by Gasteiger charge is 1.97. The van der Waals surface area contributed by atoms with E-state index < -0.39 is 5.97 Å². The molecule has 0 saturated carbocycles. The van der Waals surface area contributed by atoms with Crippen LogP contribution in [0.3, 0.4) is 0 Å². The van der Waals surface area contributed by atoms with Crippen LogP contribution in [0.5, 0.6) is 0 Å². The predicted octanol–water partition coefficient (Wildman–Crippen LogP) is 2.54. The van der Waals surface area contributed by atoms with E-state index in [1.54, 1.807) is 6.08 Å². The van der Waals surface area contributed by atoms with E-state index in [1.165, 1.54) is 0 Å². The fourth-order valence-corrected chi connectivity index (χ4v) is 0.725. The summed E-state index contributed by atoms with van der Waals surface area (Å²) in [6.45, 7) is 5.51. The van der Waals surface area contributed by atoms with Crippen molar-refractivity contribution in [2.75, 3.05) is 0 Å². The summed E-state index contributed by atoms with van der Waals surface area (Å²) in [5.41, 5.74) is 0.954. The first-order chi connectivity index (χ1) is 5.70. The SMILES string of the molecule is C=C/C(=C\C=C/C)CCC(=O)O. The zero-order valence-electron chi connectivity index (χ0n) is 7.29. The van der Waals surface area contributed by atoms with Crippen molar-refractivity contribution in [3.05, 3.63) is 36.5 Å². The van der Waals surface area contributed by atoms with E-state index in [0.29, 0.717) is 6.42 Å². The van der Waals surface area contributed by atoms with Crippen LogP contribution >= 0.6 is 0 Å². The molecular formula is C10H14O2. The van der Waals surface area contributed by atoms with Gasteiger partial charge in [-0.1, -0.05) is 30.9 Å². The molecule has 0 unspecified atom stereocenters. The molecule has 0 heterocycles. The highest BCUT2D eigenvalue weighted by molar-refractivity contribution is 5.67. The van der Waals surface area contributed by atoms with E-state index in [2.05, 4.69) is 6.58 Å². The number of hydrogen-bond acceptors (Lipinski definition) is 1. The molecular weight excluding hydrogens is 152 g/mol. The Morgan fingerprint density at radius 3 is 2.58 bits per heavy atom. The molecule has 0 bridgehead atoms. The molecule has 0 aliphatic rings. The van der Waals surface area contributed by atoms with Gasteiger partial charge < -0.3 is 5.11 Å². The largest absolute Gasteiger partial charge is 0.481 e. The lowest BCUT2D eigenvalue weighted by atomic mass is 10.1. The Labute approximate surface area is 72.9 Å². The normalized spacial score (nSPS) is 11.9. The van der Waals surface area contributed by atoms with Crippen LogP contribution in [0.4, 0.5) is 0 Å². The summed E-state index contributed by atoms with van der Waals surface area (Å²) in [7, 11) is 0. The average Bonchev–Trinajstić information content (AvgIpc) is 2.05. The van der Waals surface area contributed by atoms with Gasteiger partial charge in [0.1, 0.15) is 0 Å². The van der Waals surface area contributed by atoms with Crippen molar-refractivity contribution < 1.29 is 9.90 Å². The Bertz CT molecular complexity index is 212. The third-order valence-electron chi connectivity index (χ3n) is 1.39. The number of rotatable bonds is 5. The monoisotopic (exact) mass is 166 g/mol. The number of hydrogen-bond donors (Lipinski definition) is 1. The van der Waals surface area contributed by atoms with Gasteiger partial charge in [-0.05, 0) is 18.9 Å². The molecule has 0 aromatic rings. The molecule has 0 amide bonds. The number of aliphatic carboxylic acids is 1. The van der Waals surface area contributed by atoms with Crippen LogP contribution < -0.4 is 0 Å². The molecule has 0 aromatic heterocycles. The minimum Gasteiger partial charge on any atom is -0.481 e. The van der Waals surface area contributed by atoms with Gasteiger partial charge in [0.25, 0.3) is 0 Å². The molecule has 0 spiro atoms. The van der Waals surface area contributed by atoms with Crippen molar-refractivity contribution in [2.24, 2.45) is 0 Å². The topological polar surface area (TPSA) is 37.3 Å². The zero-order valence-corrected chi connectivity index (χ0v) is 7.29. The Balaban J connectivity index is 3.99. The first kappa shape index (κ1) is 10.7. The van der Waals surface area contributed by atoms with Crippen LogP contribution in [0.1, 0.15) is 19.8 Å². The maximum Gasteiger partial charge on any atom is 0.303 e. The summed E-state index contributed by atoms with van der Waals surface area (Å²) in [6.07, 6.45) is 8.03. The van der Waals surface area contributed by atoms with Crippen LogP contribution in [-0.2, 0) is 4.79 Å². The molecule has 0 aliphatic carbocycles. The van der Waals surface area contributed by atoms with Crippen molar-refractivity contribution in [1.82, 2.24) is 0 Å². The molecule has 0 fully saturated rings. The van der Waals surface area contributed by atoms with Crippen molar-refractivity contribution in [1.29, 1.82) is 0 Å². The second-order valence-electron chi connectivity index (χ2n) is 2.37. The maximum atomic E-state index is 10.2. The fraction of sp³-hybridized carbons (Fsp3) is 0.300. The van der Waals surface area contributed by atoms with Crippen LogP contribution in [0, 0.1) is 0 Å². The molecule has 1 N–H and O–H groups in total. The summed E-state index contributed by atoms with van der Waals surface area (Å²) in [6, 6.07) is 0. The van der Waals surface area contributed by atoms with Gasteiger partial charge >= 0.3 is 5.97 Å². The highest BCUT2D eigenvalue weighted by atomic mass is 16.4. The molecule has 0 aliphatic heterocycles. The fourth-order valence-electron chi connectivity index (χ4n) is 0.725. The summed E-state index contributed by atoms with van der Waals surface area (Å²) in [5.74, 6) is -0.775. The second-order valence-corrected chi connectivity index (χ2v) is 2.37. The van der Waals surface area contributed by atoms with E-state index >= 15 is 0 Å². The minimum atomic E-state index is -0.775. The van der Waals surface area contributed by atoms with Gasteiger partial charge in [-0.3, -0.25) is 4.79 Å². The molecule has 0 radical (unpaired) electrons. The van der Waals surface area contributed by atoms with Gasteiger partial charge in [-0.25, -0.2) is 0 Å². The Kier molecular flexibility index (Phi) is 5.70. The third kappa shape index (κ3) is 5.47. The smallest absolute Gasteiger partial charge is 0.303 e. The van der Waals surface area contributed by atoms with E-state index in [4.69, 9.17) is 5.11 Å². The molecule has 0 saturated heterocycles. The van der Waals surface area contributed by atoms with E-state index in [1.807, 2.05) is 25.2 Å². The van der Waals surface area contributed by atoms with Crippen LogP contribution in [0.25, 0.3) is 0 Å². The van der Waals surface area contributed by atoms with Gasteiger partial charge in [0.15, 0.2) is 0 Å². The lowest BCUT2D eigenvalue weighted by molar-refractivity contribution is -0.136. The number of carbonyl (C=O) groups is 1. The molecule has 66 valence electrons. The van der Waals surface area contributed by atoms with Gasteiger partial charge in [0, 0.05) is 6.42 Å². The van der Waals surface area contributed by atoms with Crippen molar-refractivity contribution in [3.63, 3.8) is 0 Å². The van der Waals surface area contributed by atoms with Gasteiger partial charge in [-0.15, -0.1) is 0 Å². The van der Waals surface area contributed by atoms with Crippen LogP contribution in [0.2, 0.25) is 0 Å². The van der Waals surface area contributed by atoms with Crippen LogP contribution in [-0.4, -0.2) is 11.1 Å². The molecule has 0 rings (SSSR count). The van der Waals surface area contributed by atoms with Gasteiger partial charge in [0.05, 0.1) is 0 Å². The lowest BCUT2D eigenvalue weighted by Crippen LogP contribution is -1.94. The van der Waals surface area contributed by atoms with Gasteiger partial charge in [-0.2, -0.15) is 0 Å². The van der Waals surface area contributed by atoms with E-state index in [-0.39, 0.29) is 6.42 Å². The summed E-state index contributed by atoms with van der Waals surface area (Å²) >= 11 is 0. The lowest BCUT2D eigenvalue weighted by Gasteiger charge is -1.96. The predicted molar refractivity (Wildman–Crippen MR) is 50.0 cm³/mol. The Morgan fingerprint density at radius 1 is 1.50 bits per heavy atom. The standard InChI is InChI=1S/C10H14O2/c1-3-5-6-9(4-2)7-8-10(11)12/h3-6H,2,7-8H2,1H3,(H,11,12)/b5-3-,9-6+. The van der Waals surface area contributed by atoms with Crippen molar-refractivity contribution >= 4 is 5.97 Å². The third-order valence-corrected chi connectivity index (χ3v) is 1.39. The molecule has 0 atom stereocenters. The minimum absolute atomic E-state index is 0.162. The number of carboxylic acids is 1.